The molecule has 0 unspecified atom stereocenters. The Labute approximate surface area is 195 Å². The highest BCUT2D eigenvalue weighted by Gasteiger charge is 2.26. The molecular formula is C23H36ClF2N5O. The highest BCUT2D eigenvalue weighted by atomic mass is 35.5. The fourth-order valence-corrected chi connectivity index (χ4v) is 2.76. The Morgan fingerprint density at radius 2 is 1.84 bits per heavy atom. The van der Waals surface area contributed by atoms with Gasteiger partial charge in [-0.15, -0.1) is 5.10 Å². The van der Waals surface area contributed by atoms with E-state index in [-0.39, 0.29) is 12.1 Å². The largest absolute Gasteiger partial charge is 0.463 e. The smallest absolute Gasteiger partial charge is 0.338 e. The number of nitrogens with one attached hydrogen (secondary N) is 2. The molecule has 0 saturated heterocycles. The summed E-state index contributed by atoms with van der Waals surface area (Å²) in [5.41, 5.74) is 3.41. The maximum Gasteiger partial charge on any atom is 0.338 e. The first-order valence-electron chi connectivity index (χ1n) is 10.4. The number of rotatable bonds is 10. The minimum absolute atomic E-state index is 0.279. The Bertz CT molecular complexity index is 812. The van der Waals surface area contributed by atoms with E-state index in [0.717, 1.165) is 16.7 Å². The summed E-state index contributed by atoms with van der Waals surface area (Å²) in [6, 6.07) is 3.55. The summed E-state index contributed by atoms with van der Waals surface area (Å²) in [5.74, 6) is 0.388. The van der Waals surface area contributed by atoms with Crippen molar-refractivity contribution in [1.29, 1.82) is 0 Å². The fourth-order valence-electron chi connectivity index (χ4n) is 2.69. The average molecular weight is 472 g/mol. The standard InChI is InChI=1S/C21H30ClF2N5O.C2H6/c1-14(8-9-18(29-27-7)30-13-25-5)16-10-15(28-12-21(22,23)24)11-17(19(16)26-6)20(2,3)4;1-2/h8,10-11,25,28H,6-7,9,12-13H2,1-5H3;1-2H3/b14-8-,29-18-;. The van der Waals surface area contributed by atoms with E-state index in [2.05, 4.69) is 39.3 Å². The van der Waals surface area contributed by atoms with Gasteiger partial charge in [0.2, 0.25) is 5.90 Å². The number of anilines is 1. The average Bonchev–Trinajstić information content (AvgIpc) is 2.73. The molecule has 0 amide bonds. The Hall–Kier alpha value is -2.32. The van der Waals surface area contributed by atoms with Crippen LogP contribution < -0.4 is 10.6 Å². The van der Waals surface area contributed by atoms with Crippen LogP contribution in [0.2, 0.25) is 0 Å². The lowest BCUT2D eigenvalue weighted by molar-refractivity contribution is 0.111. The van der Waals surface area contributed by atoms with Gasteiger partial charge in [-0.3, -0.25) is 10.3 Å². The zero-order valence-electron chi connectivity index (χ0n) is 20.2. The van der Waals surface area contributed by atoms with Gasteiger partial charge in [-0.1, -0.05) is 40.7 Å². The third kappa shape index (κ3) is 10.3. The van der Waals surface area contributed by atoms with Crippen LogP contribution in [0.1, 0.15) is 59.1 Å². The predicted molar refractivity (Wildman–Crippen MR) is 135 cm³/mol. The fraction of sp³-hybridized carbons (Fsp3) is 0.522. The summed E-state index contributed by atoms with van der Waals surface area (Å²) >= 11 is 5.05. The van der Waals surface area contributed by atoms with Crippen LogP contribution in [0.15, 0.2) is 33.4 Å². The molecule has 0 spiro atoms. The summed E-state index contributed by atoms with van der Waals surface area (Å²) in [7, 11) is 1.75. The van der Waals surface area contributed by atoms with Crippen LogP contribution in [0, 0.1) is 0 Å². The number of hydrogen-bond acceptors (Lipinski definition) is 6. The molecule has 0 aliphatic heterocycles. The molecule has 32 heavy (non-hydrogen) atoms. The van der Waals surface area contributed by atoms with Crippen LogP contribution >= 0.6 is 11.6 Å². The second kappa shape index (κ2) is 14.0. The number of alkyl halides is 3. The number of aliphatic imine (C=N–C) groups is 1. The van der Waals surface area contributed by atoms with Crippen molar-refractivity contribution >= 4 is 47.9 Å². The maximum atomic E-state index is 13.1. The van der Waals surface area contributed by atoms with Gasteiger partial charge in [0.1, 0.15) is 6.73 Å². The summed E-state index contributed by atoms with van der Waals surface area (Å²) in [5, 5.41) is 9.61. The zero-order valence-corrected chi connectivity index (χ0v) is 20.9. The molecule has 2 N–H and O–H groups in total. The van der Waals surface area contributed by atoms with Gasteiger partial charge in [-0.25, -0.2) is 0 Å². The Morgan fingerprint density at radius 3 is 2.31 bits per heavy atom. The first-order chi connectivity index (χ1) is 14.9. The number of halogens is 3. The number of allylic oxidation sites excluding steroid dienone is 1. The van der Waals surface area contributed by atoms with Crippen molar-refractivity contribution < 1.29 is 13.5 Å². The van der Waals surface area contributed by atoms with Crippen molar-refractivity contribution in [2.24, 2.45) is 15.2 Å². The molecule has 0 saturated carbocycles. The van der Waals surface area contributed by atoms with Gasteiger partial charge < -0.3 is 10.1 Å². The van der Waals surface area contributed by atoms with Gasteiger partial charge >= 0.3 is 5.38 Å². The number of ether oxygens (including phenoxy) is 1. The molecule has 9 heteroatoms. The summed E-state index contributed by atoms with van der Waals surface area (Å²) in [6.07, 6.45) is 2.27. The lowest BCUT2D eigenvalue weighted by atomic mass is 9.83. The van der Waals surface area contributed by atoms with E-state index >= 15 is 0 Å². The van der Waals surface area contributed by atoms with E-state index in [1.807, 2.05) is 47.6 Å². The van der Waals surface area contributed by atoms with Gasteiger partial charge in [0, 0.05) is 24.4 Å². The Morgan fingerprint density at radius 1 is 1.22 bits per heavy atom. The van der Waals surface area contributed by atoms with Crippen molar-refractivity contribution in [1.82, 2.24) is 5.32 Å². The van der Waals surface area contributed by atoms with E-state index in [4.69, 9.17) is 16.3 Å². The van der Waals surface area contributed by atoms with Crippen molar-refractivity contribution in [2.75, 3.05) is 25.6 Å². The minimum atomic E-state index is -3.35. The SMILES string of the molecule is C=N/N=C(/C/C=C(/C)c1cc(NCC(F)(F)Cl)cc(C(C)(C)C)c1N=C)OCNC.CC. The molecule has 1 aromatic carbocycles. The van der Waals surface area contributed by atoms with Crippen LogP contribution in [-0.4, -0.2) is 45.0 Å². The van der Waals surface area contributed by atoms with Crippen molar-refractivity contribution in [3.05, 3.63) is 29.3 Å². The molecule has 0 aromatic heterocycles. The van der Waals surface area contributed by atoms with Crippen LogP contribution in [-0.2, 0) is 10.2 Å². The monoisotopic (exact) mass is 471 g/mol. The first kappa shape index (κ1) is 29.7. The lowest BCUT2D eigenvalue weighted by Gasteiger charge is -2.25. The topological polar surface area (TPSA) is 70.4 Å². The van der Waals surface area contributed by atoms with Crippen molar-refractivity contribution in [2.45, 2.75) is 58.8 Å². The van der Waals surface area contributed by atoms with E-state index in [0.29, 0.717) is 23.7 Å². The van der Waals surface area contributed by atoms with Crippen molar-refractivity contribution in [3.63, 3.8) is 0 Å². The normalized spacial score (nSPS) is 12.6. The molecular weight excluding hydrogens is 436 g/mol. The lowest BCUT2D eigenvalue weighted by Crippen LogP contribution is -2.21. The van der Waals surface area contributed by atoms with Crippen molar-refractivity contribution in [3.8, 4) is 0 Å². The Kier molecular flexibility index (Phi) is 12.9. The van der Waals surface area contributed by atoms with E-state index in [9.17, 15) is 8.78 Å². The van der Waals surface area contributed by atoms with E-state index in [1.165, 1.54) is 0 Å². The number of hydrogen-bond donors (Lipinski definition) is 2. The zero-order chi connectivity index (χ0) is 24.9. The summed E-state index contributed by atoms with van der Waals surface area (Å²) < 4.78 is 31.8. The number of benzene rings is 1. The van der Waals surface area contributed by atoms with Gasteiger partial charge in [0.05, 0.1) is 12.2 Å². The summed E-state index contributed by atoms with van der Waals surface area (Å²) in [4.78, 5) is 4.23. The van der Waals surface area contributed by atoms with Crippen LogP contribution in [0.25, 0.3) is 5.57 Å². The molecule has 0 aliphatic rings. The molecule has 0 fully saturated rings. The van der Waals surface area contributed by atoms with Crippen LogP contribution in [0.5, 0.6) is 0 Å². The molecule has 0 atom stereocenters. The molecule has 1 aromatic rings. The van der Waals surface area contributed by atoms with E-state index < -0.39 is 11.9 Å². The maximum absolute atomic E-state index is 13.1. The second-order valence-electron chi connectivity index (χ2n) is 7.67. The highest BCUT2D eigenvalue weighted by molar-refractivity contribution is 6.22. The molecule has 1 rings (SSSR count). The summed E-state index contributed by atoms with van der Waals surface area (Å²) in [6.45, 7) is 18.6. The van der Waals surface area contributed by atoms with Gasteiger partial charge in [-0.05, 0) is 61.0 Å². The first-order valence-corrected chi connectivity index (χ1v) is 10.7. The van der Waals surface area contributed by atoms with Crippen LogP contribution in [0.3, 0.4) is 0 Å². The molecule has 0 aliphatic carbocycles. The van der Waals surface area contributed by atoms with Gasteiger partial charge in [0.15, 0.2) is 0 Å². The molecule has 0 radical (unpaired) electrons. The number of nitrogens with zero attached hydrogens (tertiary/aromatic N) is 3. The molecule has 0 bridgehead atoms. The van der Waals surface area contributed by atoms with Crippen LogP contribution in [0.4, 0.5) is 20.2 Å². The third-order valence-electron chi connectivity index (χ3n) is 4.14. The molecule has 180 valence electrons. The van der Waals surface area contributed by atoms with Gasteiger partial charge in [0.25, 0.3) is 0 Å². The Balaban J connectivity index is 0.00000466. The minimum Gasteiger partial charge on any atom is -0.463 e. The quantitative estimate of drug-likeness (QED) is 0.133. The highest BCUT2D eigenvalue weighted by Crippen LogP contribution is 2.40. The third-order valence-corrected chi connectivity index (χ3v) is 4.28. The molecule has 0 heterocycles. The second-order valence-corrected chi connectivity index (χ2v) is 8.22. The molecule has 6 nitrogen and oxygen atoms in total. The predicted octanol–water partition coefficient (Wildman–Crippen LogP) is 6.59. The van der Waals surface area contributed by atoms with E-state index in [1.54, 1.807) is 19.2 Å². The van der Waals surface area contributed by atoms with Gasteiger partial charge in [-0.2, -0.15) is 13.9 Å².